The first-order valence-electron chi connectivity index (χ1n) is 9.94. The van der Waals surface area contributed by atoms with Gasteiger partial charge in [0.15, 0.2) is 11.5 Å². The molecule has 0 saturated heterocycles. The largest absolute Gasteiger partial charge is 0.586 e. The van der Waals surface area contributed by atoms with E-state index in [0.29, 0.717) is 5.56 Å². The Morgan fingerprint density at radius 1 is 0.970 bits per heavy atom. The summed E-state index contributed by atoms with van der Waals surface area (Å²) in [5, 5.41) is 2.81. The number of fused-ring (bicyclic) bond motifs is 1. The summed E-state index contributed by atoms with van der Waals surface area (Å²) in [6.07, 6.45) is 1.57. The quantitative estimate of drug-likeness (QED) is 0.579. The fourth-order valence-electron chi connectivity index (χ4n) is 3.48. The van der Waals surface area contributed by atoms with Crippen LogP contribution in [0, 0.1) is 12.3 Å². The molecule has 0 aromatic heterocycles. The van der Waals surface area contributed by atoms with Gasteiger partial charge < -0.3 is 14.8 Å². The van der Waals surface area contributed by atoms with Crippen LogP contribution in [0.3, 0.4) is 0 Å². The summed E-state index contributed by atoms with van der Waals surface area (Å²) in [5.74, 6) is 0.214. The van der Waals surface area contributed by atoms with Gasteiger partial charge in [0.05, 0.1) is 0 Å². The molecule has 1 heterocycles. The van der Waals surface area contributed by atoms with Gasteiger partial charge in [-0.3, -0.25) is 14.5 Å². The average Bonchev–Trinajstić information content (AvgIpc) is 3.14. The Morgan fingerprint density at radius 3 is 2.27 bits per heavy atom. The number of alkyl halides is 2. The van der Waals surface area contributed by atoms with Crippen molar-refractivity contribution < 1.29 is 27.8 Å². The number of hydrogen-bond acceptors (Lipinski definition) is 4. The molecule has 33 heavy (non-hydrogen) atoms. The third kappa shape index (κ3) is 4.77. The van der Waals surface area contributed by atoms with E-state index in [1.807, 2.05) is 36.3 Å². The molecule has 1 aliphatic rings. The number of carbonyl (C=O) groups is 2. The van der Waals surface area contributed by atoms with Crippen LogP contribution in [0.4, 0.5) is 14.5 Å². The van der Waals surface area contributed by atoms with Crippen LogP contribution in [-0.2, 0) is 16.1 Å². The van der Waals surface area contributed by atoms with Gasteiger partial charge in [0, 0.05) is 18.3 Å². The van der Waals surface area contributed by atoms with Crippen LogP contribution in [-0.4, -0.2) is 18.1 Å². The maximum absolute atomic E-state index is 13.5. The van der Waals surface area contributed by atoms with Crippen molar-refractivity contribution in [1.29, 1.82) is 0 Å². The normalized spacial score (nSPS) is 14.1. The van der Waals surface area contributed by atoms with Crippen molar-refractivity contribution in [3.8, 4) is 23.8 Å². The number of nitrogens with one attached hydrogen (secondary N) is 1. The van der Waals surface area contributed by atoms with E-state index in [1.54, 1.807) is 30.3 Å². The van der Waals surface area contributed by atoms with Gasteiger partial charge in [-0.1, -0.05) is 60.7 Å². The molecule has 4 rings (SSSR count). The first-order chi connectivity index (χ1) is 15.9. The Morgan fingerprint density at radius 2 is 1.61 bits per heavy atom. The van der Waals surface area contributed by atoms with Crippen LogP contribution in [0.1, 0.15) is 17.2 Å². The monoisotopic (exact) mass is 448 g/mol. The summed E-state index contributed by atoms with van der Waals surface area (Å²) in [7, 11) is 0. The summed E-state index contributed by atoms with van der Waals surface area (Å²) < 4.78 is 35.9. The van der Waals surface area contributed by atoms with Crippen LogP contribution in [0.5, 0.6) is 11.5 Å². The van der Waals surface area contributed by atoms with E-state index >= 15 is 0 Å². The minimum absolute atomic E-state index is 0.0988. The zero-order valence-electron chi connectivity index (χ0n) is 17.2. The highest BCUT2D eigenvalue weighted by Crippen LogP contribution is 2.44. The lowest BCUT2D eigenvalue weighted by Crippen LogP contribution is -2.43. The number of hydrogen-bond donors (Lipinski definition) is 1. The molecule has 1 unspecified atom stereocenters. The summed E-state index contributed by atoms with van der Waals surface area (Å²) >= 11 is 0. The number of amides is 2. The van der Waals surface area contributed by atoms with Gasteiger partial charge in [-0.2, -0.15) is 0 Å². The van der Waals surface area contributed by atoms with Gasteiger partial charge >= 0.3 is 12.2 Å². The molecule has 3 aromatic carbocycles. The number of anilines is 1. The highest BCUT2D eigenvalue weighted by atomic mass is 19.3. The SMILES string of the molecule is C#CC(=O)N(c1ccc2c(c1)OC(F)(F)O2)C(C(=O)NCc1ccccc1)c1ccccc1. The van der Waals surface area contributed by atoms with Crippen molar-refractivity contribution >= 4 is 17.5 Å². The van der Waals surface area contributed by atoms with Crippen LogP contribution in [0.2, 0.25) is 0 Å². The molecule has 0 aliphatic carbocycles. The first kappa shape index (κ1) is 21.8. The molecule has 3 aromatic rings. The predicted octanol–water partition coefficient (Wildman–Crippen LogP) is 4.03. The average molecular weight is 448 g/mol. The second-order valence-electron chi connectivity index (χ2n) is 7.13. The van der Waals surface area contributed by atoms with E-state index in [1.165, 1.54) is 18.2 Å². The summed E-state index contributed by atoms with van der Waals surface area (Å²) in [6.45, 7) is 0.217. The second kappa shape index (κ2) is 9.01. The molecular weight excluding hydrogens is 430 g/mol. The van der Waals surface area contributed by atoms with Crippen LogP contribution >= 0.6 is 0 Å². The van der Waals surface area contributed by atoms with Gasteiger partial charge in [0.2, 0.25) is 5.91 Å². The van der Waals surface area contributed by atoms with Crippen LogP contribution < -0.4 is 19.7 Å². The van der Waals surface area contributed by atoms with Crippen LogP contribution in [0.15, 0.2) is 78.9 Å². The zero-order chi connectivity index (χ0) is 23.4. The summed E-state index contributed by atoms with van der Waals surface area (Å²) in [5.41, 5.74) is 1.44. The molecule has 166 valence electrons. The molecule has 0 radical (unpaired) electrons. The number of carbonyl (C=O) groups excluding carboxylic acids is 2. The van der Waals surface area contributed by atoms with Crippen molar-refractivity contribution in [3.05, 3.63) is 90.0 Å². The predicted molar refractivity (Wildman–Crippen MR) is 116 cm³/mol. The molecule has 0 spiro atoms. The summed E-state index contributed by atoms with van der Waals surface area (Å²) in [4.78, 5) is 27.2. The van der Waals surface area contributed by atoms with E-state index in [0.717, 1.165) is 10.5 Å². The lowest BCUT2D eigenvalue weighted by atomic mass is 10.0. The fourth-order valence-corrected chi connectivity index (χ4v) is 3.48. The van der Waals surface area contributed by atoms with Gasteiger partial charge in [-0.15, -0.1) is 15.2 Å². The topological polar surface area (TPSA) is 67.9 Å². The van der Waals surface area contributed by atoms with Gasteiger partial charge in [-0.25, -0.2) is 0 Å². The molecular formula is C25H18F2N2O4. The van der Waals surface area contributed by atoms with Gasteiger partial charge in [-0.05, 0) is 29.2 Å². The third-order valence-electron chi connectivity index (χ3n) is 4.94. The van der Waals surface area contributed by atoms with Crippen molar-refractivity contribution in [2.75, 3.05) is 4.90 Å². The Hall–Kier alpha value is -4.38. The number of terminal acetylenes is 1. The number of benzene rings is 3. The number of rotatable bonds is 6. The minimum atomic E-state index is -3.83. The summed E-state index contributed by atoms with van der Waals surface area (Å²) in [6, 6.07) is 20.4. The number of ether oxygens (including phenoxy) is 2. The maximum atomic E-state index is 13.5. The van der Waals surface area contributed by atoms with Crippen molar-refractivity contribution in [2.45, 2.75) is 18.9 Å². The Labute approximate surface area is 188 Å². The van der Waals surface area contributed by atoms with E-state index in [-0.39, 0.29) is 23.7 Å². The molecule has 8 heteroatoms. The van der Waals surface area contributed by atoms with Crippen LogP contribution in [0.25, 0.3) is 0 Å². The lowest BCUT2D eigenvalue weighted by molar-refractivity contribution is -0.286. The Kier molecular flexibility index (Phi) is 5.96. The fraction of sp³-hybridized carbons (Fsp3) is 0.120. The standard InChI is InChI=1S/C25H18F2N2O4/c1-2-22(30)29(19-13-14-20-21(15-19)33-25(26,27)32-20)23(18-11-7-4-8-12-18)24(31)28-16-17-9-5-3-6-10-17/h1,3-15,23H,16H2,(H,28,31). The maximum Gasteiger partial charge on any atom is 0.586 e. The highest BCUT2D eigenvalue weighted by Gasteiger charge is 2.44. The van der Waals surface area contributed by atoms with Gasteiger partial charge in [0.1, 0.15) is 6.04 Å². The van der Waals surface area contributed by atoms with E-state index < -0.39 is 24.2 Å². The van der Waals surface area contributed by atoms with Crippen molar-refractivity contribution in [2.24, 2.45) is 0 Å². The Bertz CT molecular complexity index is 1210. The van der Waals surface area contributed by atoms with Gasteiger partial charge in [0.25, 0.3) is 0 Å². The molecule has 1 N–H and O–H groups in total. The van der Waals surface area contributed by atoms with Crippen molar-refractivity contribution in [3.63, 3.8) is 0 Å². The highest BCUT2D eigenvalue weighted by molar-refractivity contribution is 6.09. The number of nitrogens with zero attached hydrogens (tertiary/aromatic N) is 1. The molecule has 1 aliphatic heterocycles. The minimum Gasteiger partial charge on any atom is -0.395 e. The molecule has 0 saturated carbocycles. The molecule has 6 nitrogen and oxygen atoms in total. The lowest BCUT2D eigenvalue weighted by Gasteiger charge is -2.30. The molecule has 0 fully saturated rings. The first-order valence-corrected chi connectivity index (χ1v) is 9.94. The van der Waals surface area contributed by atoms with E-state index in [9.17, 15) is 18.4 Å². The second-order valence-corrected chi connectivity index (χ2v) is 7.13. The molecule has 1 atom stereocenters. The van der Waals surface area contributed by atoms with E-state index in [2.05, 4.69) is 14.8 Å². The van der Waals surface area contributed by atoms with E-state index in [4.69, 9.17) is 6.42 Å². The molecule has 2 amide bonds. The smallest absolute Gasteiger partial charge is 0.395 e. The molecule has 0 bridgehead atoms. The van der Waals surface area contributed by atoms with Crippen molar-refractivity contribution in [1.82, 2.24) is 5.32 Å². The third-order valence-corrected chi connectivity index (χ3v) is 4.94. The zero-order valence-corrected chi connectivity index (χ0v) is 17.2. The number of halogens is 2. The Balaban J connectivity index is 1.72.